The van der Waals surface area contributed by atoms with E-state index in [4.69, 9.17) is 0 Å². The molecule has 0 saturated carbocycles. The van der Waals surface area contributed by atoms with Crippen LogP contribution in [0.1, 0.15) is 5.56 Å². The highest BCUT2D eigenvalue weighted by Gasteiger charge is 2.12. The van der Waals surface area contributed by atoms with Gasteiger partial charge in [-0.15, -0.1) is 0 Å². The second-order valence-electron chi connectivity index (χ2n) is 4.89. The Morgan fingerprint density at radius 1 is 1.00 bits per heavy atom. The van der Waals surface area contributed by atoms with Gasteiger partial charge in [-0.25, -0.2) is 9.97 Å². The fraction of sp³-hybridized carbons (Fsp3) is 0. The van der Waals surface area contributed by atoms with Crippen LogP contribution in [0.4, 0.5) is 0 Å². The lowest BCUT2D eigenvalue weighted by atomic mass is 10.1. The Kier molecular flexibility index (Phi) is 2.91. The highest BCUT2D eigenvalue weighted by molar-refractivity contribution is 9.10. The topological polar surface area (TPSA) is 54.0 Å². The van der Waals surface area contributed by atoms with E-state index in [1.165, 1.54) is 0 Å². The first kappa shape index (κ1) is 13.0. The third-order valence-corrected chi connectivity index (χ3v) is 4.07. The maximum Gasteiger partial charge on any atom is 0.235 e. The number of para-hydroxylation sites is 2. The zero-order chi connectivity index (χ0) is 15.1. The number of hydrogen-bond donors (Lipinski definition) is 0. The minimum Gasteiger partial charge on any atom is -0.282 e. The van der Waals surface area contributed by atoms with Crippen molar-refractivity contribution in [3.8, 4) is 17.3 Å². The van der Waals surface area contributed by atoms with Gasteiger partial charge in [0.2, 0.25) is 5.78 Å². The van der Waals surface area contributed by atoms with Gasteiger partial charge in [-0.2, -0.15) is 5.26 Å². The van der Waals surface area contributed by atoms with E-state index in [-0.39, 0.29) is 0 Å². The molecule has 0 aliphatic carbocycles. The quantitative estimate of drug-likeness (QED) is 0.518. The third kappa shape index (κ3) is 1.97. The number of imidazole rings is 1. The molecular formula is C17H9BrN4. The van der Waals surface area contributed by atoms with E-state index in [1.807, 2.05) is 52.9 Å². The summed E-state index contributed by atoms with van der Waals surface area (Å²) in [6.45, 7) is 0. The van der Waals surface area contributed by atoms with Gasteiger partial charge in [-0.1, -0.05) is 40.2 Å². The summed E-state index contributed by atoms with van der Waals surface area (Å²) in [5.74, 6) is 0.595. The number of halogens is 1. The minimum absolute atomic E-state index is 0.526. The molecule has 0 amide bonds. The lowest BCUT2D eigenvalue weighted by molar-refractivity contribution is 1.12. The summed E-state index contributed by atoms with van der Waals surface area (Å²) in [6.07, 6.45) is 1.80. The Bertz CT molecular complexity index is 1040. The second-order valence-corrected chi connectivity index (χ2v) is 5.81. The Balaban J connectivity index is 2.04. The molecule has 22 heavy (non-hydrogen) atoms. The highest BCUT2D eigenvalue weighted by Crippen LogP contribution is 2.25. The summed E-state index contributed by atoms with van der Waals surface area (Å²) in [7, 11) is 0. The molecule has 0 aliphatic heterocycles. The molecule has 0 fully saturated rings. The normalized spacial score (nSPS) is 10.9. The molecule has 0 saturated heterocycles. The second kappa shape index (κ2) is 4.93. The van der Waals surface area contributed by atoms with Gasteiger partial charge in [0.15, 0.2) is 0 Å². The largest absolute Gasteiger partial charge is 0.282 e. The van der Waals surface area contributed by atoms with Gasteiger partial charge in [0, 0.05) is 16.2 Å². The first-order valence-electron chi connectivity index (χ1n) is 6.70. The molecule has 4 aromatic rings. The Morgan fingerprint density at radius 2 is 1.77 bits per heavy atom. The van der Waals surface area contributed by atoms with Gasteiger partial charge in [-0.05, 0) is 24.3 Å². The fourth-order valence-corrected chi connectivity index (χ4v) is 2.76. The molecule has 2 aromatic heterocycles. The van der Waals surface area contributed by atoms with Crippen molar-refractivity contribution in [2.75, 3.05) is 0 Å². The molecular weight excluding hydrogens is 340 g/mol. The predicted octanol–water partition coefficient (Wildman–Crippen LogP) is 4.18. The summed E-state index contributed by atoms with van der Waals surface area (Å²) < 4.78 is 2.85. The average Bonchev–Trinajstić information content (AvgIpc) is 2.92. The lowest BCUT2D eigenvalue weighted by Gasteiger charge is -2.05. The third-order valence-electron chi connectivity index (χ3n) is 3.54. The van der Waals surface area contributed by atoms with Crippen molar-refractivity contribution in [2.45, 2.75) is 0 Å². The van der Waals surface area contributed by atoms with Crippen LogP contribution in [0.25, 0.3) is 28.1 Å². The Hall–Kier alpha value is -2.71. The summed E-state index contributed by atoms with van der Waals surface area (Å²) in [5.41, 5.74) is 3.89. The standard InChI is InChI=1S/C17H9BrN4/c18-13-7-5-11(6-8-13)16-12(9-19)10-22-15-4-2-1-3-14(15)20-17(22)21-16/h1-8,10H. The van der Waals surface area contributed by atoms with Crippen LogP contribution in [-0.4, -0.2) is 14.4 Å². The van der Waals surface area contributed by atoms with Crippen molar-refractivity contribution in [3.05, 3.63) is 64.8 Å². The highest BCUT2D eigenvalue weighted by atomic mass is 79.9. The van der Waals surface area contributed by atoms with E-state index in [9.17, 15) is 5.26 Å². The number of aromatic nitrogens is 3. The lowest BCUT2D eigenvalue weighted by Crippen LogP contribution is -1.96. The van der Waals surface area contributed by atoms with Crippen molar-refractivity contribution in [3.63, 3.8) is 0 Å². The fourth-order valence-electron chi connectivity index (χ4n) is 2.50. The van der Waals surface area contributed by atoms with E-state index >= 15 is 0 Å². The Morgan fingerprint density at radius 3 is 2.55 bits per heavy atom. The van der Waals surface area contributed by atoms with Crippen LogP contribution in [0.3, 0.4) is 0 Å². The van der Waals surface area contributed by atoms with E-state index in [1.54, 1.807) is 6.20 Å². The van der Waals surface area contributed by atoms with E-state index in [0.29, 0.717) is 17.0 Å². The molecule has 0 aliphatic rings. The molecule has 0 spiro atoms. The smallest absolute Gasteiger partial charge is 0.235 e. The van der Waals surface area contributed by atoms with Gasteiger partial charge in [0.25, 0.3) is 0 Å². The molecule has 0 bridgehead atoms. The predicted molar refractivity (Wildman–Crippen MR) is 88.3 cm³/mol. The minimum atomic E-state index is 0.526. The zero-order valence-electron chi connectivity index (χ0n) is 11.4. The number of benzene rings is 2. The number of rotatable bonds is 1. The van der Waals surface area contributed by atoms with Crippen LogP contribution >= 0.6 is 15.9 Å². The number of hydrogen-bond acceptors (Lipinski definition) is 3. The maximum atomic E-state index is 9.47. The molecule has 0 radical (unpaired) electrons. The summed E-state index contributed by atoms with van der Waals surface area (Å²) in [6, 6.07) is 17.8. The van der Waals surface area contributed by atoms with Gasteiger partial charge in [0.1, 0.15) is 6.07 Å². The molecule has 4 rings (SSSR count). The molecule has 104 valence electrons. The number of nitrogens with zero attached hydrogens (tertiary/aromatic N) is 4. The van der Waals surface area contributed by atoms with E-state index < -0.39 is 0 Å². The summed E-state index contributed by atoms with van der Waals surface area (Å²) >= 11 is 3.41. The van der Waals surface area contributed by atoms with Crippen molar-refractivity contribution in [2.24, 2.45) is 0 Å². The van der Waals surface area contributed by atoms with Crippen molar-refractivity contribution in [1.82, 2.24) is 14.4 Å². The average molecular weight is 349 g/mol. The molecule has 5 heteroatoms. The molecule has 0 atom stereocenters. The molecule has 2 aromatic carbocycles. The van der Waals surface area contributed by atoms with Gasteiger partial charge in [0.05, 0.1) is 22.3 Å². The van der Waals surface area contributed by atoms with Crippen LogP contribution in [0.5, 0.6) is 0 Å². The van der Waals surface area contributed by atoms with Gasteiger partial charge >= 0.3 is 0 Å². The van der Waals surface area contributed by atoms with Gasteiger partial charge in [-0.3, -0.25) is 4.40 Å². The van der Waals surface area contributed by atoms with E-state index in [2.05, 4.69) is 32.0 Å². The summed E-state index contributed by atoms with van der Waals surface area (Å²) in [4.78, 5) is 9.12. The zero-order valence-corrected chi connectivity index (χ0v) is 12.9. The van der Waals surface area contributed by atoms with E-state index in [0.717, 1.165) is 21.1 Å². The van der Waals surface area contributed by atoms with Crippen LogP contribution in [-0.2, 0) is 0 Å². The molecule has 0 N–H and O–H groups in total. The summed E-state index contributed by atoms with van der Waals surface area (Å²) in [5, 5.41) is 9.47. The van der Waals surface area contributed by atoms with Crippen LogP contribution in [0.2, 0.25) is 0 Å². The van der Waals surface area contributed by atoms with Crippen molar-refractivity contribution >= 4 is 32.7 Å². The van der Waals surface area contributed by atoms with Crippen LogP contribution in [0, 0.1) is 11.3 Å². The van der Waals surface area contributed by atoms with Gasteiger partial charge < -0.3 is 0 Å². The first-order chi connectivity index (χ1) is 10.8. The van der Waals surface area contributed by atoms with Crippen LogP contribution < -0.4 is 0 Å². The maximum absolute atomic E-state index is 9.47. The molecule has 4 nitrogen and oxygen atoms in total. The molecule has 0 unspecified atom stereocenters. The monoisotopic (exact) mass is 348 g/mol. The number of nitriles is 1. The van der Waals surface area contributed by atoms with Crippen molar-refractivity contribution in [1.29, 1.82) is 5.26 Å². The van der Waals surface area contributed by atoms with Crippen LogP contribution in [0.15, 0.2) is 59.2 Å². The SMILES string of the molecule is N#Cc1cn2c(nc1-c1ccc(Br)cc1)nc1ccccc12. The number of fused-ring (bicyclic) bond motifs is 3. The molecule has 2 heterocycles. The first-order valence-corrected chi connectivity index (χ1v) is 7.49. The van der Waals surface area contributed by atoms with Crippen molar-refractivity contribution < 1.29 is 0 Å². The Labute approximate surface area is 134 Å².